The first-order valence-corrected chi connectivity index (χ1v) is 10.6. The van der Waals surface area contributed by atoms with Crippen LogP contribution in [0.2, 0.25) is 0 Å². The summed E-state index contributed by atoms with van der Waals surface area (Å²) in [5, 5.41) is 8.19. The zero-order chi connectivity index (χ0) is 20.3. The number of rotatable bonds is 6. The highest BCUT2D eigenvalue weighted by Gasteiger charge is 2.36. The lowest BCUT2D eigenvalue weighted by molar-refractivity contribution is -0.120. The van der Waals surface area contributed by atoms with Gasteiger partial charge in [-0.25, -0.2) is 4.79 Å². The molecule has 1 saturated carbocycles. The van der Waals surface area contributed by atoms with Gasteiger partial charge in [-0.15, -0.1) is 11.3 Å². The van der Waals surface area contributed by atoms with E-state index in [1.54, 1.807) is 35.6 Å². The minimum Gasteiger partial charge on any atom is -0.422 e. The maximum absolute atomic E-state index is 12.4. The summed E-state index contributed by atoms with van der Waals surface area (Å²) in [4.78, 5) is 38.1. The standard InChI is InChI=1S/C22H22N2O4S/c25-19(24-14-22(9-3-4-10-22)18-8-5-11-29-18)13-23-20(26)16-12-15-6-1-2-7-17(15)28-21(16)27/h1-2,5-8,11-12H,3-4,9-10,13-14H2,(H,23,26)(H,24,25). The second kappa shape index (κ2) is 8.21. The van der Waals surface area contributed by atoms with Gasteiger partial charge in [0.1, 0.15) is 11.1 Å². The van der Waals surface area contributed by atoms with E-state index in [0.717, 1.165) is 25.7 Å². The quantitative estimate of drug-likeness (QED) is 0.611. The predicted octanol–water partition coefficient (Wildman–Crippen LogP) is 3.21. The third kappa shape index (κ3) is 4.10. The maximum Gasteiger partial charge on any atom is 0.349 e. The van der Waals surface area contributed by atoms with Crippen LogP contribution in [0.15, 0.2) is 57.1 Å². The second-order valence-electron chi connectivity index (χ2n) is 7.41. The van der Waals surface area contributed by atoms with Crippen molar-refractivity contribution in [3.8, 4) is 0 Å². The molecule has 2 heterocycles. The van der Waals surface area contributed by atoms with Crippen molar-refractivity contribution in [2.45, 2.75) is 31.1 Å². The first-order valence-electron chi connectivity index (χ1n) is 9.69. The Hall–Kier alpha value is -2.93. The minimum atomic E-state index is -0.718. The van der Waals surface area contributed by atoms with Gasteiger partial charge in [-0.2, -0.15) is 0 Å². The average molecular weight is 410 g/mol. The number of carbonyl (C=O) groups is 2. The number of nitrogens with one attached hydrogen (secondary N) is 2. The van der Waals surface area contributed by atoms with Crippen LogP contribution >= 0.6 is 11.3 Å². The fraction of sp³-hybridized carbons (Fsp3) is 0.318. The molecule has 0 aliphatic heterocycles. The summed E-state index contributed by atoms with van der Waals surface area (Å²) < 4.78 is 5.17. The summed E-state index contributed by atoms with van der Waals surface area (Å²) >= 11 is 1.72. The third-order valence-corrected chi connectivity index (χ3v) is 6.64. The molecule has 0 unspecified atom stereocenters. The Morgan fingerprint density at radius 1 is 1.07 bits per heavy atom. The Morgan fingerprint density at radius 3 is 2.62 bits per heavy atom. The van der Waals surface area contributed by atoms with Gasteiger partial charge in [0.2, 0.25) is 5.91 Å². The second-order valence-corrected chi connectivity index (χ2v) is 8.36. The van der Waals surface area contributed by atoms with Crippen LogP contribution in [0, 0.1) is 0 Å². The van der Waals surface area contributed by atoms with E-state index in [0.29, 0.717) is 17.5 Å². The van der Waals surface area contributed by atoms with Gasteiger partial charge >= 0.3 is 5.63 Å². The number of carbonyl (C=O) groups excluding carboxylic acids is 2. The van der Waals surface area contributed by atoms with Crippen LogP contribution in [0.3, 0.4) is 0 Å². The molecule has 0 radical (unpaired) electrons. The van der Waals surface area contributed by atoms with Crippen molar-refractivity contribution in [1.82, 2.24) is 10.6 Å². The first kappa shape index (κ1) is 19.4. The number of fused-ring (bicyclic) bond motifs is 1. The number of hydrogen-bond donors (Lipinski definition) is 2. The van der Waals surface area contributed by atoms with Crippen molar-refractivity contribution in [2.75, 3.05) is 13.1 Å². The normalized spacial score (nSPS) is 15.3. The number of amides is 2. The van der Waals surface area contributed by atoms with Crippen molar-refractivity contribution in [2.24, 2.45) is 0 Å². The Kier molecular flexibility index (Phi) is 5.49. The molecule has 0 saturated heterocycles. The monoisotopic (exact) mass is 410 g/mol. The lowest BCUT2D eigenvalue weighted by Crippen LogP contribution is -2.43. The van der Waals surface area contributed by atoms with Crippen LogP contribution in [0.25, 0.3) is 11.0 Å². The van der Waals surface area contributed by atoms with E-state index < -0.39 is 11.5 Å². The molecule has 150 valence electrons. The van der Waals surface area contributed by atoms with Crippen LogP contribution < -0.4 is 16.3 Å². The van der Waals surface area contributed by atoms with Crippen LogP contribution in [0.4, 0.5) is 0 Å². The molecule has 0 spiro atoms. The SMILES string of the molecule is O=C(CNC(=O)c1cc2ccccc2oc1=O)NCC1(c2cccs2)CCCC1. The zero-order valence-electron chi connectivity index (χ0n) is 15.9. The van der Waals surface area contributed by atoms with Crippen LogP contribution in [0.5, 0.6) is 0 Å². The molecular formula is C22H22N2O4S. The lowest BCUT2D eigenvalue weighted by atomic mass is 9.84. The summed E-state index contributed by atoms with van der Waals surface area (Å²) in [5.74, 6) is -0.889. The Balaban J connectivity index is 1.37. The largest absolute Gasteiger partial charge is 0.422 e. The average Bonchev–Trinajstić information content (AvgIpc) is 3.42. The van der Waals surface area contributed by atoms with Crippen molar-refractivity contribution in [3.05, 3.63) is 68.7 Å². The maximum atomic E-state index is 12.4. The van der Waals surface area contributed by atoms with E-state index >= 15 is 0 Å². The highest BCUT2D eigenvalue weighted by atomic mass is 32.1. The molecule has 2 aromatic heterocycles. The highest BCUT2D eigenvalue weighted by molar-refractivity contribution is 7.10. The summed E-state index contributed by atoms with van der Waals surface area (Å²) in [6, 6.07) is 12.6. The Morgan fingerprint density at radius 2 is 1.86 bits per heavy atom. The van der Waals surface area contributed by atoms with Crippen molar-refractivity contribution < 1.29 is 14.0 Å². The molecule has 1 aromatic carbocycles. The summed E-state index contributed by atoms with van der Waals surface area (Å²) in [6.07, 6.45) is 4.42. The van der Waals surface area contributed by atoms with E-state index in [2.05, 4.69) is 22.1 Å². The number of thiophene rings is 1. The highest BCUT2D eigenvalue weighted by Crippen LogP contribution is 2.42. The predicted molar refractivity (Wildman–Crippen MR) is 112 cm³/mol. The third-order valence-electron chi connectivity index (χ3n) is 5.52. The molecular weight excluding hydrogens is 388 g/mol. The molecule has 3 aromatic rings. The van der Waals surface area contributed by atoms with Gasteiger partial charge in [0.25, 0.3) is 5.91 Å². The molecule has 2 N–H and O–H groups in total. The smallest absolute Gasteiger partial charge is 0.349 e. The zero-order valence-corrected chi connectivity index (χ0v) is 16.7. The lowest BCUT2D eigenvalue weighted by Gasteiger charge is -2.28. The molecule has 1 aliphatic rings. The molecule has 2 amide bonds. The van der Waals surface area contributed by atoms with Gasteiger partial charge in [0, 0.05) is 22.2 Å². The van der Waals surface area contributed by atoms with Gasteiger partial charge in [0.15, 0.2) is 0 Å². The Labute approximate surface area is 171 Å². The number of benzene rings is 1. The van der Waals surface area contributed by atoms with E-state index in [9.17, 15) is 14.4 Å². The van der Waals surface area contributed by atoms with Crippen LogP contribution in [0.1, 0.15) is 40.9 Å². The Bertz CT molecular complexity index is 1080. The van der Waals surface area contributed by atoms with Gasteiger partial charge in [0.05, 0.1) is 6.54 Å². The molecule has 0 bridgehead atoms. The van der Waals surface area contributed by atoms with Crippen molar-refractivity contribution in [1.29, 1.82) is 0 Å². The van der Waals surface area contributed by atoms with Gasteiger partial charge in [-0.05, 0) is 36.4 Å². The molecule has 1 aliphatic carbocycles. The summed E-state index contributed by atoms with van der Waals surface area (Å²) in [6.45, 7) is 0.367. The van der Waals surface area contributed by atoms with E-state index in [-0.39, 0.29) is 23.4 Å². The van der Waals surface area contributed by atoms with E-state index in [4.69, 9.17) is 4.42 Å². The van der Waals surface area contributed by atoms with Gasteiger partial charge < -0.3 is 15.1 Å². The van der Waals surface area contributed by atoms with Crippen molar-refractivity contribution in [3.63, 3.8) is 0 Å². The van der Waals surface area contributed by atoms with Crippen LogP contribution in [-0.4, -0.2) is 24.9 Å². The fourth-order valence-electron chi connectivity index (χ4n) is 3.95. The van der Waals surface area contributed by atoms with Gasteiger partial charge in [-0.3, -0.25) is 9.59 Å². The van der Waals surface area contributed by atoms with E-state index in [1.807, 2.05) is 6.07 Å². The minimum absolute atomic E-state index is 0.00670. The van der Waals surface area contributed by atoms with Gasteiger partial charge in [-0.1, -0.05) is 37.1 Å². The summed E-state index contributed by atoms with van der Waals surface area (Å²) in [5.41, 5.74) is -0.415. The molecule has 29 heavy (non-hydrogen) atoms. The number of para-hydroxylation sites is 1. The summed E-state index contributed by atoms with van der Waals surface area (Å²) in [7, 11) is 0. The number of hydrogen-bond acceptors (Lipinski definition) is 5. The molecule has 1 fully saturated rings. The van der Waals surface area contributed by atoms with Crippen LogP contribution in [-0.2, 0) is 10.2 Å². The molecule has 0 atom stereocenters. The first-order chi connectivity index (χ1) is 14.1. The fourth-order valence-corrected chi connectivity index (χ4v) is 4.94. The van der Waals surface area contributed by atoms with Crippen molar-refractivity contribution >= 4 is 34.1 Å². The molecule has 7 heteroatoms. The van der Waals surface area contributed by atoms with E-state index in [1.165, 1.54) is 10.9 Å². The topological polar surface area (TPSA) is 88.4 Å². The molecule has 6 nitrogen and oxygen atoms in total. The molecule has 4 rings (SSSR count).